The molecule has 0 bridgehead atoms. The molecule has 1 fully saturated rings. The Bertz CT molecular complexity index is 806. The van der Waals surface area contributed by atoms with E-state index in [4.69, 9.17) is 4.99 Å². The lowest BCUT2D eigenvalue weighted by Gasteiger charge is -2.32. The predicted molar refractivity (Wildman–Crippen MR) is 115 cm³/mol. The maximum atomic E-state index is 11.5. The first-order chi connectivity index (χ1) is 13.7. The monoisotopic (exact) mass is 381 g/mol. The maximum absolute atomic E-state index is 11.5. The molecule has 2 aromatic rings. The molecular formula is C22H31N5O. The van der Waals surface area contributed by atoms with Crippen LogP contribution in [0.4, 0.5) is 0 Å². The van der Waals surface area contributed by atoms with Crippen molar-refractivity contribution in [2.45, 2.75) is 32.4 Å². The lowest BCUT2D eigenvalue weighted by molar-refractivity contribution is -0.122. The van der Waals surface area contributed by atoms with Crippen LogP contribution in [0.3, 0.4) is 0 Å². The second kappa shape index (κ2) is 10.1. The van der Waals surface area contributed by atoms with Gasteiger partial charge in [-0.2, -0.15) is 0 Å². The first-order valence-corrected chi connectivity index (χ1v) is 10.1. The van der Waals surface area contributed by atoms with Gasteiger partial charge in [-0.1, -0.05) is 42.5 Å². The van der Waals surface area contributed by atoms with Crippen molar-refractivity contribution in [1.29, 1.82) is 0 Å². The van der Waals surface area contributed by atoms with Crippen LogP contribution in [0, 0.1) is 0 Å². The van der Waals surface area contributed by atoms with Crippen LogP contribution in [0.25, 0.3) is 10.8 Å². The molecule has 3 rings (SSSR count). The Morgan fingerprint density at radius 1 is 1.14 bits per heavy atom. The number of nitrogens with one attached hydrogen (secondary N) is 3. The summed E-state index contributed by atoms with van der Waals surface area (Å²) >= 11 is 0. The van der Waals surface area contributed by atoms with Gasteiger partial charge in [0.2, 0.25) is 5.91 Å². The highest BCUT2D eigenvalue weighted by molar-refractivity contribution is 5.86. The minimum absolute atomic E-state index is 0.0800. The summed E-state index contributed by atoms with van der Waals surface area (Å²) in [6.07, 6.45) is 2.02. The molecule has 6 nitrogen and oxygen atoms in total. The van der Waals surface area contributed by atoms with Crippen LogP contribution in [0.5, 0.6) is 0 Å². The lowest BCUT2D eigenvalue weighted by atomic mass is 10.0. The van der Waals surface area contributed by atoms with Crippen molar-refractivity contribution in [2.75, 3.05) is 33.2 Å². The van der Waals surface area contributed by atoms with Crippen molar-refractivity contribution in [2.24, 2.45) is 4.99 Å². The van der Waals surface area contributed by atoms with Gasteiger partial charge in [0, 0.05) is 32.7 Å². The third-order valence-electron chi connectivity index (χ3n) is 5.21. The molecule has 150 valence electrons. The Morgan fingerprint density at radius 2 is 1.89 bits per heavy atom. The van der Waals surface area contributed by atoms with E-state index in [-0.39, 0.29) is 5.91 Å². The number of hydrogen-bond donors (Lipinski definition) is 3. The third kappa shape index (κ3) is 5.45. The number of piperidine rings is 1. The van der Waals surface area contributed by atoms with Crippen LogP contribution in [0.2, 0.25) is 0 Å². The van der Waals surface area contributed by atoms with E-state index in [0.29, 0.717) is 19.1 Å². The smallest absolute Gasteiger partial charge is 0.233 e. The highest BCUT2D eigenvalue weighted by atomic mass is 16.1. The van der Waals surface area contributed by atoms with E-state index in [0.717, 1.165) is 38.4 Å². The molecule has 6 heteroatoms. The number of guanidine groups is 1. The number of benzene rings is 2. The number of fused-ring (bicyclic) bond motifs is 1. The Hall–Kier alpha value is -2.60. The summed E-state index contributed by atoms with van der Waals surface area (Å²) < 4.78 is 0. The van der Waals surface area contributed by atoms with Gasteiger partial charge in [0.25, 0.3) is 0 Å². The fourth-order valence-corrected chi connectivity index (χ4v) is 3.63. The number of carbonyl (C=O) groups excluding carboxylic acids is 1. The van der Waals surface area contributed by atoms with Gasteiger partial charge in [-0.25, -0.2) is 4.99 Å². The predicted octanol–water partition coefficient (Wildman–Crippen LogP) is 2.11. The number of likely N-dealkylation sites (N-methyl/N-ethyl adjacent to an activating group) is 1. The molecule has 0 atom stereocenters. The van der Waals surface area contributed by atoms with E-state index in [9.17, 15) is 4.79 Å². The molecule has 28 heavy (non-hydrogen) atoms. The summed E-state index contributed by atoms with van der Waals surface area (Å²) in [5.74, 6) is 0.941. The third-order valence-corrected chi connectivity index (χ3v) is 5.21. The van der Waals surface area contributed by atoms with Crippen LogP contribution >= 0.6 is 0 Å². The standard InChI is InChI=1S/C22H31N5O/c1-3-24-22(26-19-11-13-27(14-12-19)16-21(28)23-2)25-15-18-9-6-8-17-7-4-5-10-20(17)18/h4-10,19H,3,11-16H2,1-2H3,(H,23,28)(H2,24,25,26). The van der Waals surface area contributed by atoms with E-state index in [2.05, 4.69) is 70.2 Å². The highest BCUT2D eigenvalue weighted by Gasteiger charge is 2.21. The first-order valence-electron chi connectivity index (χ1n) is 10.1. The highest BCUT2D eigenvalue weighted by Crippen LogP contribution is 2.19. The molecule has 0 aromatic heterocycles. The maximum Gasteiger partial charge on any atom is 0.233 e. The fourth-order valence-electron chi connectivity index (χ4n) is 3.63. The van der Waals surface area contributed by atoms with Crippen LogP contribution < -0.4 is 16.0 Å². The normalized spacial score (nSPS) is 16.1. The molecule has 0 spiro atoms. The van der Waals surface area contributed by atoms with Crippen LogP contribution in [-0.2, 0) is 11.3 Å². The number of nitrogens with zero attached hydrogens (tertiary/aromatic N) is 2. The molecule has 0 radical (unpaired) electrons. The van der Waals surface area contributed by atoms with Gasteiger partial charge in [-0.05, 0) is 36.1 Å². The van der Waals surface area contributed by atoms with Gasteiger partial charge in [0.1, 0.15) is 0 Å². The summed E-state index contributed by atoms with van der Waals surface area (Å²) in [5, 5.41) is 12.1. The average molecular weight is 382 g/mol. The van der Waals surface area contributed by atoms with Gasteiger partial charge in [0.05, 0.1) is 13.1 Å². The van der Waals surface area contributed by atoms with Crippen molar-refractivity contribution >= 4 is 22.6 Å². The molecule has 0 aliphatic carbocycles. The van der Waals surface area contributed by atoms with E-state index >= 15 is 0 Å². The fraction of sp³-hybridized carbons (Fsp3) is 0.455. The van der Waals surface area contributed by atoms with E-state index in [1.54, 1.807) is 7.05 Å². The van der Waals surface area contributed by atoms with E-state index in [1.807, 2.05) is 0 Å². The first kappa shape index (κ1) is 20.1. The molecule has 1 heterocycles. The average Bonchev–Trinajstić information content (AvgIpc) is 2.73. The Kier molecular flexibility index (Phi) is 7.25. The molecule has 0 saturated carbocycles. The van der Waals surface area contributed by atoms with Gasteiger partial charge in [-0.3, -0.25) is 9.69 Å². The number of likely N-dealkylation sites (tertiary alicyclic amines) is 1. The zero-order valence-corrected chi connectivity index (χ0v) is 16.9. The quantitative estimate of drug-likeness (QED) is 0.530. The number of aliphatic imine (C=N–C) groups is 1. The van der Waals surface area contributed by atoms with Crippen molar-refractivity contribution < 1.29 is 4.79 Å². The van der Waals surface area contributed by atoms with Crippen molar-refractivity contribution in [3.05, 3.63) is 48.0 Å². The molecule has 2 aromatic carbocycles. The number of carbonyl (C=O) groups is 1. The summed E-state index contributed by atoms with van der Waals surface area (Å²) in [4.78, 5) is 18.6. The molecule has 3 N–H and O–H groups in total. The lowest BCUT2D eigenvalue weighted by Crippen LogP contribution is -2.50. The van der Waals surface area contributed by atoms with E-state index in [1.165, 1.54) is 16.3 Å². The largest absolute Gasteiger partial charge is 0.358 e. The van der Waals surface area contributed by atoms with Crippen LogP contribution in [0.15, 0.2) is 47.5 Å². The van der Waals surface area contributed by atoms with Crippen molar-refractivity contribution in [1.82, 2.24) is 20.9 Å². The number of amides is 1. The Morgan fingerprint density at radius 3 is 2.64 bits per heavy atom. The SMILES string of the molecule is CCNC(=NCc1cccc2ccccc12)NC1CCN(CC(=O)NC)CC1. The Labute approximate surface area is 167 Å². The van der Waals surface area contributed by atoms with Crippen LogP contribution in [-0.4, -0.2) is 56.0 Å². The van der Waals surface area contributed by atoms with Crippen LogP contribution in [0.1, 0.15) is 25.3 Å². The molecule has 1 aliphatic heterocycles. The zero-order chi connectivity index (χ0) is 19.8. The molecule has 1 amide bonds. The second-order valence-corrected chi connectivity index (χ2v) is 7.20. The zero-order valence-electron chi connectivity index (χ0n) is 16.9. The van der Waals surface area contributed by atoms with Gasteiger partial charge < -0.3 is 16.0 Å². The number of hydrogen-bond acceptors (Lipinski definition) is 3. The van der Waals surface area contributed by atoms with Gasteiger partial charge >= 0.3 is 0 Å². The topological polar surface area (TPSA) is 68.8 Å². The summed E-state index contributed by atoms with van der Waals surface area (Å²) in [6.45, 7) is 5.89. The minimum atomic E-state index is 0.0800. The van der Waals surface area contributed by atoms with Crippen molar-refractivity contribution in [3.63, 3.8) is 0 Å². The Balaban J connectivity index is 1.60. The summed E-state index contributed by atoms with van der Waals surface area (Å²) in [5.41, 5.74) is 1.23. The second-order valence-electron chi connectivity index (χ2n) is 7.20. The molecular weight excluding hydrogens is 350 g/mol. The minimum Gasteiger partial charge on any atom is -0.358 e. The summed E-state index contributed by atoms with van der Waals surface area (Å²) in [7, 11) is 1.69. The van der Waals surface area contributed by atoms with Gasteiger partial charge in [0.15, 0.2) is 5.96 Å². The molecule has 1 aliphatic rings. The molecule has 0 unspecified atom stereocenters. The summed E-state index contributed by atoms with van der Waals surface area (Å²) in [6, 6.07) is 15.2. The van der Waals surface area contributed by atoms with Gasteiger partial charge in [-0.15, -0.1) is 0 Å². The van der Waals surface area contributed by atoms with E-state index < -0.39 is 0 Å². The number of rotatable bonds is 6. The molecule has 1 saturated heterocycles. The van der Waals surface area contributed by atoms with Crippen molar-refractivity contribution in [3.8, 4) is 0 Å².